The predicted molar refractivity (Wildman–Crippen MR) is 80.0 cm³/mol. The van der Waals surface area contributed by atoms with Crippen LogP contribution in [0.2, 0.25) is 0 Å². The van der Waals surface area contributed by atoms with Gasteiger partial charge in [-0.2, -0.15) is 4.39 Å². The van der Waals surface area contributed by atoms with E-state index < -0.39 is 5.95 Å². The fourth-order valence-electron chi connectivity index (χ4n) is 2.55. The molecule has 2 aromatic rings. The van der Waals surface area contributed by atoms with Gasteiger partial charge in [0, 0.05) is 30.9 Å². The molecule has 0 radical (unpaired) electrons. The van der Waals surface area contributed by atoms with Gasteiger partial charge >= 0.3 is 0 Å². The average Bonchev–Trinajstić information content (AvgIpc) is 3.02. The summed E-state index contributed by atoms with van der Waals surface area (Å²) in [5, 5.41) is 2.86. The van der Waals surface area contributed by atoms with Crippen molar-refractivity contribution in [2.45, 2.75) is 12.8 Å². The van der Waals surface area contributed by atoms with E-state index in [4.69, 9.17) is 0 Å². The summed E-state index contributed by atoms with van der Waals surface area (Å²) in [5.74, 6) is -0.988. The summed E-state index contributed by atoms with van der Waals surface area (Å²) < 4.78 is 13.1. The summed E-state index contributed by atoms with van der Waals surface area (Å²) in [6, 6.07) is 10.3. The molecule has 0 unspecified atom stereocenters. The van der Waals surface area contributed by atoms with E-state index in [0.29, 0.717) is 0 Å². The van der Waals surface area contributed by atoms with Gasteiger partial charge in [-0.25, -0.2) is 4.98 Å². The molecule has 0 saturated carbocycles. The van der Waals surface area contributed by atoms with Crippen LogP contribution in [0.25, 0.3) is 0 Å². The number of nitrogens with zero attached hydrogens (tertiary/aromatic N) is 2. The minimum absolute atomic E-state index is 0.263. The van der Waals surface area contributed by atoms with Crippen molar-refractivity contribution in [1.29, 1.82) is 0 Å². The van der Waals surface area contributed by atoms with E-state index in [1.54, 1.807) is 0 Å². The van der Waals surface area contributed by atoms with E-state index in [2.05, 4.69) is 15.2 Å². The number of carbonyl (C=O) groups excluding carboxylic acids is 1. The second-order valence-corrected chi connectivity index (χ2v) is 5.03. The average molecular weight is 285 g/mol. The van der Waals surface area contributed by atoms with Crippen molar-refractivity contribution in [3.8, 4) is 0 Å². The normalized spacial score (nSPS) is 14.2. The molecule has 0 atom stereocenters. The highest BCUT2D eigenvalue weighted by Crippen LogP contribution is 2.28. The number of pyridine rings is 1. The van der Waals surface area contributed by atoms with Gasteiger partial charge in [-0.1, -0.05) is 12.1 Å². The first-order chi connectivity index (χ1) is 10.2. The summed E-state index contributed by atoms with van der Waals surface area (Å²) in [5.41, 5.74) is 2.03. The highest BCUT2D eigenvalue weighted by Gasteiger charge is 2.17. The van der Waals surface area contributed by atoms with Crippen molar-refractivity contribution in [3.63, 3.8) is 0 Å². The minimum Gasteiger partial charge on any atom is -0.370 e. The van der Waals surface area contributed by atoms with Crippen LogP contribution in [0.15, 0.2) is 42.6 Å². The summed E-state index contributed by atoms with van der Waals surface area (Å²) >= 11 is 0. The van der Waals surface area contributed by atoms with Crippen LogP contribution >= 0.6 is 0 Å². The third kappa shape index (κ3) is 3.02. The molecule has 4 nitrogen and oxygen atoms in total. The Kier molecular flexibility index (Phi) is 3.81. The number of hydrogen-bond acceptors (Lipinski definition) is 3. The Morgan fingerprint density at radius 1 is 1.19 bits per heavy atom. The molecule has 1 amide bonds. The van der Waals surface area contributed by atoms with Gasteiger partial charge in [-0.05, 0) is 31.0 Å². The van der Waals surface area contributed by atoms with Crippen LogP contribution in [0.3, 0.4) is 0 Å². The smallest absolute Gasteiger partial charge is 0.255 e. The topological polar surface area (TPSA) is 45.2 Å². The molecule has 21 heavy (non-hydrogen) atoms. The van der Waals surface area contributed by atoms with Gasteiger partial charge in [0.25, 0.3) is 5.91 Å². The van der Waals surface area contributed by atoms with E-state index in [1.807, 2.05) is 24.3 Å². The van der Waals surface area contributed by atoms with Crippen LogP contribution in [0.4, 0.5) is 15.8 Å². The molecule has 2 heterocycles. The molecule has 1 aromatic carbocycles. The third-order valence-corrected chi connectivity index (χ3v) is 3.59. The second-order valence-electron chi connectivity index (χ2n) is 5.03. The van der Waals surface area contributed by atoms with Crippen LogP contribution in [0, 0.1) is 5.95 Å². The Hall–Kier alpha value is -2.43. The summed E-state index contributed by atoms with van der Waals surface area (Å²) in [6.45, 7) is 1.99. The first kappa shape index (κ1) is 13.5. The summed E-state index contributed by atoms with van der Waals surface area (Å²) in [4.78, 5) is 17.9. The van der Waals surface area contributed by atoms with E-state index in [9.17, 15) is 9.18 Å². The molecule has 0 spiro atoms. The lowest BCUT2D eigenvalue weighted by Crippen LogP contribution is -2.21. The number of hydrogen-bond donors (Lipinski definition) is 1. The molecule has 0 aliphatic carbocycles. The molecule has 3 rings (SSSR count). The predicted octanol–water partition coefficient (Wildman–Crippen LogP) is 3.07. The van der Waals surface area contributed by atoms with Crippen LogP contribution in [0.5, 0.6) is 0 Å². The van der Waals surface area contributed by atoms with Gasteiger partial charge < -0.3 is 10.2 Å². The maximum atomic E-state index is 13.1. The molecule has 1 N–H and O–H groups in total. The number of halogens is 1. The van der Waals surface area contributed by atoms with Gasteiger partial charge in [-0.15, -0.1) is 0 Å². The molecular weight excluding hydrogens is 269 g/mol. The fourth-order valence-corrected chi connectivity index (χ4v) is 2.55. The van der Waals surface area contributed by atoms with E-state index in [0.717, 1.165) is 43.4 Å². The van der Waals surface area contributed by atoms with Crippen molar-refractivity contribution < 1.29 is 9.18 Å². The fraction of sp³-hybridized carbons (Fsp3) is 0.250. The maximum absolute atomic E-state index is 13.1. The minimum atomic E-state index is -0.657. The van der Waals surface area contributed by atoms with Crippen molar-refractivity contribution in [2.75, 3.05) is 23.3 Å². The molecular formula is C16H16FN3O. The lowest BCUT2D eigenvalue weighted by molar-refractivity contribution is 0.102. The quantitative estimate of drug-likeness (QED) is 0.881. The van der Waals surface area contributed by atoms with E-state index in [-0.39, 0.29) is 11.5 Å². The standard InChI is InChI=1S/C16H16FN3O/c17-15-11-12(7-8-18-15)16(21)19-13-5-1-2-6-14(13)20-9-3-4-10-20/h1-2,5-8,11H,3-4,9-10H2,(H,19,21). The highest BCUT2D eigenvalue weighted by atomic mass is 19.1. The van der Waals surface area contributed by atoms with Crippen LogP contribution in [-0.4, -0.2) is 24.0 Å². The number of benzene rings is 1. The molecule has 1 fully saturated rings. The van der Waals surface area contributed by atoms with Gasteiger partial charge in [0.15, 0.2) is 0 Å². The first-order valence-corrected chi connectivity index (χ1v) is 7.01. The van der Waals surface area contributed by atoms with Crippen LogP contribution < -0.4 is 10.2 Å². The number of nitrogens with one attached hydrogen (secondary N) is 1. The Morgan fingerprint density at radius 2 is 1.95 bits per heavy atom. The Morgan fingerprint density at radius 3 is 2.71 bits per heavy atom. The Balaban J connectivity index is 1.83. The van der Waals surface area contributed by atoms with Crippen molar-refractivity contribution >= 4 is 17.3 Å². The van der Waals surface area contributed by atoms with Gasteiger partial charge in [-0.3, -0.25) is 4.79 Å². The summed E-state index contributed by atoms with van der Waals surface area (Å²) in [7, 11) is 0. The highest BCUT2D eigenvalue weighted by molar-refractivity contribution is 6.05. The number of carbonyl (C=O) groups is 1. The zero-order valence-corrected chi connectivity index (χ0v) is 11.6. The van der Waals surface area contributed by atoms with Crippen molar-refractivity contribution in [3.05, 3.63) is 54.1 Å². The van der Waals surface area contributed by atoms with E-state index in [1.165, 1.54) is 12.3 Å². The second kappa shape index (κ2) is 5.91. The van der Waals surface area contributed by atoms with Crippen LogP contribution in [0.1, 0.15) is 23.2 Å². The molecule has 108 valence electrons. The Labute approximate surface area is 122 Å². The van der Waals surface area contributed by atoms with Crippen molar-refractivity contribution in [1.82, 2.24) is 4.98 Å². The SMILES string of the molecule is O=C(Nc1ccccc1N1CCCC1)c1ccnc(F)c1. The monoisotopic (exact) mass is 285 g/mol. The maximum Gasteiger partial charge on any atom is 0.255 e. The zero-order chi connectivity index (χ0) is 14.7. The van der Waals surface area contributed by atoms with E-state index >= 15 is 0 Å². The zero-order valence-electron chi connectivity index (χ0n) is 11.6. The Bertz CT molecular complexity index is 653. The van der Waals surface area contributed by atoms with Crippen molar-refractivity contribution in [2.24, 2.45) is 0 Å². The molecule has 1 aromatic heterocycles. The molecule has 5 heteroatoms. The lowest BCUT2D eigenvalue weighted by atomic mass is 10.2. The van der Waals surface area contributed by atoms with Crippen LogP contribution in [-0.2, 0) is 0 Å². The third-order valence-electron chi connectivity index (χ3n) is 3.59. The summed E-state index contributed by atoms with van der Waals surface area (Å²) in [6.07, 6.45) is 3.62. The number of para-hydroxylation sites is 2. The van der Waals surface area contributed by atoms with Gasteiger partial charge in [0.1, 0.15) is 0 Å². The molecule has 0 bridgehead atoms. The van der Waals surface area contributed by atoms with Gasteiger partial charge in [0.05, 0.1) is 11.4 Å². The number of rotatable bonds is 3. The number of amides is 1. The molecule has 1 aliphatic rings. The first-order valence-electron chi connectivity index (χ1n) is 7.01. The number of anilines is 2. The number of aromatic nitrogens is 1. The largest absolute Gasteiger partial charge is 0.370 e. The lowest BCUT2D eigenvalue weighted by Gasteiger charge is -2.21. The molecule has 1 saturated heterocycles. The molecule has 1 aliphatic heterocycles. The van der Waals surface area contributed by atoms with Gasteiger partial charge in [0.2, 0.25) is 5.95 Å².